The number of aromatic nitrogens is 3. The zero-order valence-corrected chi connectivity index (χ0v) is 15.3. The van der Waals surface area contributed by atoms with E-state index in [0.29, 0.717) is 11.9 Å². The predicted molar refractivity (Wildman–Crippen MR) is 99.4 cm³/mol. The smallest absolute Gasteiger partial charge is 0.201 e. The molecule has 1 aromatic carbocycles. The normalized spacial score (nSPS) is 12.2. The Bertz CT molecular complexity index is 800. The molecule has 2 aromatic heterocycles. The first-order valence-corrected chi connectivity index (χ1v) is 8.61. The lowest BCUT2D eigenvalue weighted by molar-refractivity contribution is 0.318. The van der Waals surface area contributed by atoms with Crippen molar-refractivity contribution in [3.8, 4) is 0 Å². The van der Waals surface area contributed by atoms with E-state index in [4.69, 9.17) is 10.8 Å². The number of pyridine rings is 1. The third-order valence-corrected chi connectivity index (χ3v) is 4.25. The van der Waals surface area contributed by atoms with Crippen LogP contribution < -0.4 is 5.73 Å². The molecule has 23 heavy (non-hydrogen) atoms. The van der Waals surface area contributed by atoms with Gasteiger partial charge in [0, 0.05) is 23.0 Å². The number of aliphatic hydroxyl groups is 1. The van der Waals surface area contributed by atoms with E-state index >= 15 is 0 Å². The lowest BCUT2D eigenvalue weighted by Gasteiger charge is -2.12. The third kappa shape index (κ3) is 3.82. The summed E-state index contributed by atoms with van der Waals surface area (Å²) in [4.78, 5) is 8.90. The van der Waals surface area contributed by atoms with Gasteiger partial charge in [-0.15, -0.1) is 0 Å². The number of hydrogen-bond donors (Lipinski definition) is 2. The fourth-order valence-corrected chi connectivity index (χ4v) is 2.78. The van der Waals surface area contributed by atoms with Crippen molar-refractivity contribution in [1.82, 2.24) is 14.5 Å². The number of nitrogens with two attached hydrogens (primary N) is 1. The van der Waals surface area contributed by atoms with E-state index in [1.807, 2.05) is 12.1 Å². The maximum atomic E-state index is 7.57. The monoisotopic (exact) mass is 378 g/mol. The van der Waals surface area contributed by atoms with Crippen LogP contribution in [0.4, 0.5) is 5.95 Å². The van der Waals surface area contributed by atoms with Gasteiger partial charge in [0.1, 0.15) is 5.52 Å². The number of rotatable bonds is 3. The van der Waals surface area contributed by atoms with E-state index in [1.54, 1.807) is 13.1 Å². The number of nitrogen functional groups attached to an aromatic ring is 1. The third-order valence-electron chi connectivity index (χ3n) is 3.76. The van der Waals surface area contributed by atoms with E-state index in [0.717, 1.165) is 39.4 Å². The van der Waals surface area contributed by atoms with Crippen LogP contribution in [0.1, 0.15) is 27.2 Å². The van der Waals surface area contributed by atoms with Gasteiger partial charge in [-0.25, -0.2) is 4.98 Å². The first-order valence-electron chi connectivity index (χ1n) is 7.82. The molecule has 3 aromatic rings. The van der Waals surface area contributed by atoms with Crippen molar-refractivity contribution in [3.63, 3.8) is 0 Å². The van der Waals surface area contributed by atoms with Gasteiger partial charge in [0.2, 0.25) is 5.95 Å². The number of imidazole rings is 1. The number of aliphatic hydroxyl groups excluding tert-OH is 1. The summed E-state index contributed by atoms with van der Waals surface area (Å²) in [6.45, 7) is 7.23. The van der Waals surface area contributed by atoms with Gasteiger partial charge in [0.15, 0.2) is 0 Å². The Morgan fingerprint density at radius 1 is 1.30 bits per heavy atom. The van der Waals surface area contributed by atoms with Gasteiger partial charge in [-0.1, -0.05) is 36.2 Å². The molecule has 0 bridgehead atoms. The topological polar surface area (TPSA) is 77.0 Å². The first kappa shape index (κ1) is 17.7. The maximum Gasteiger partial charge on any atom is 0.201 e. The molecule has 0 amide bonds. The molecule has 0 spiro atoms. The highest BCUT2D eigenvalue weighted by atomic mass is 79.9. The molecule has 0 radical (unpaired) electrons. The lowest BCUT2D eigenvalue weighted by Crippen LogP contribution is -2.09. The number of anilines is 1. The van der Waals surface area contributed by atoms with Crippen LogP contribution in [0.2, 0.25) is 0 Å². The summed E-state index contributed by atoms with van der Waals surface area (Å²) in [6, 6.07) is 6.12. The SMILES string of the molecule is CCC(C)Cn1c(N)nc2cnc3cc(Br)ccc3c21.CCO. The number of nitrogens with zero attached hydrogens (tertiary/aromatic N) is 3. The van der Waals surface area contributed by atoms with Crippen LogP contribution in [0.25, 0.3) is 21.9 Å². The summed E-state index contributed by atoms with van der Waals surface area (Å²) < 4.78 is 3.14. The molecule has 3 rings (SSSR count). The van der Waals surface area contributed by atoms with E-state index in [9.17, 15) is 0 Å². The molecule has 0 aliphatic carbocycles. The Balaban J connectivity index is 0.000000595. The van der Waals surface area contributed by atoms with E-state index in [1.165, 1.54) is 0 Å². The second-order valence-corrected chi connectivity index (χ2v) is 6.48. The minimum Gasteiger partial charge on any atom is -0.397 e. The Labute approximate surface area is 144 Å². The summed E-state index contributed by atoms with van der Waals surface area (Å²) >= 11 is 3.48. The molecule has 0 fully saturated rings. The summed E-state index contributed by atoms with van der Waals surface area (Å²) in [7, 11) is 0. The highest BCUT2D eigenvalue weighted by Crippen LogP contribution is 2.28. The highest BCUT2D eigenvalue weighted by molar-refractivity contribution is 9.10. The number of halogens is 1. The van der Waals surface area contributed by atoms with Crippen LogP contribution in [0, 0.1) is 5.92 Å². The highest BCUT2D eigenvalue weighted by Gasteiger charge is 2.14. The minimum absolute atomic E-state index is 0.250. The average Bonchev–Trinajstić information content (AvgIpc) is 2.84. The van der Waals surface area contributed by atoms with E-state index < -0.39 is 0 Å². The van der Waals surface area contributed by atoms with Crippen LogP contribution in [-0.4, -0.2) is 26.2 Å². The average molecular weight is 379 g/mol. The summed E-state index contributed by atoms with van der Waals surface area (Å²) in [6.07, 6.45) is 2.92. The molecule has 0 saturated heterocycles. The fourth-order valence-electron chi connectivity index (χ4n) is 2.43. The van der Waals surface area contributed by atoms with Gasteiger partial charge in [0.05, 0.1) is 17.2 Å². The summed E-state index contributed by atoms with van der Waals surface area (Å²) in [5.74, 6) is 1.13. The quantitative estimate of drug-likeness (QED) is 0.722. The van der Waals surface area contributed by atoms with Crippen molar-refractivity contribution >= 4 is 43.8 Å². The predicted octanol–water partition coefficient (Wildman–Crippen LogP) is 3.97. The molecule has 0 aliphatic rings. The van der Waals surface area contributed by atoms with Crippen LogP contribution in [-0.2, 0) is 6.54 Å². The molecule has 0 saturated carbocycles. The largest absolute Gasteiger partial charge is 0.397 e. The van der Waals surface area contributed by atoms with E-state index in [2.05, 4.69) is 50.4 Å². The number of benzene rings is 1. The first-order chi connectivity index (χ1) is 11.0. The van der Waals surface area contributed by atoms with Crippen molar-refractivity contribution in [2.45, 2.75) is 33.7 Å². The lowest BCUT2D eigenvalue weighted by atomic mass is 10.1. The number of hydrogen-bond acceptors (Lipinski definition) is 4. The minimum atomic E-state index is 0.250. The molecule has 124 valence electrons. The van der Waals surface area contributed by atoms with Crippen molar-refractivity contribution in [2.75, 3.05) is 12.3 Å². The molecule has 3 N–H and O–H groups in total. The van der Waals surface area contributed by atoms with Crippen molar-refractivity contribution < 1.29 is 5.11 Å². The van der Waals surface area contributed by atoms with Gasteiger partial charge < -0.3 is 15.4 Å². The van der Waals surface area contributed by atoms with Gasteiger partial charge in [-0.3, -0.25) is 4.98 Å². The second kappa shape index (κ2) is 7.75. The molecule has 1 atom stereocenters. The van der Waals surface area contributed by atoms with Crippen LogP contribution in [0.3, 0.4) is 0 Å². The molecule has 2 heterocycles. The Morgan fingerprint density at radius 2 is 2.00 bits per heavy atom. The van der Waals surface area contributed by atoms with Crippen molar-refractivity contribution in [1.29, 1.82) is 0 Å². The molecule has 0 aliphatic heterocycles. The molecule has 5 nitrogen and oxygen atoms in total. The standard InChI is InChI=1S/C15H17BrN4.C2H6O/c1-3-9(2)8-20-14-11-5-4-10(16)6-12(11)18-7-13(14)19-15(20)17;1-2-3/h4-7,9H,3,8H2,1-2H3,(H2,17,19);3H,2H2,1H3. The van der Waals surface area contributed by atoms with Crippen LogP contribution in [0.5, 0.6) is 0 Å². The van der Waals surface area contributed by atoms with E-state index in [-0.39, 0.29) is 6.61 Å². The van der Waals surface area contributed by atoms with Crippen LogP contribution >= 0.6 is 15.9 Å². The molecule has 6 heteroatoms. The molecule has 1 unspecified atom stereocenters. The summed E-state index contributed by atoms with van der Waals surface area (Å²) in [5, 5.41) is 8.67. The van der Waals surface area contributed by atoms with Crippen molar-refractivity contribution in [3.05, 3.63) is 28.9 Å². The molecular weight excluding hydrogens is 356 g/mol. The number of fused-ring (bicyclic) bond motifs is 3. The zero-order valence-electron chi connectivity index (χ0n) is 13.8. The van der Waals surface area contributed by atoms with Crippen molar-refractivity contribution in [2.24, 2.45) is 5.92 Å². The zero-order chi connectivity index (χ0) is 17.0. The maximum absolute atomic E-state index is 7.57. The molecular formula is C17H23BrN4O. The Kier molecular flexibility index (Phi) is 5.96. The van der Waals surface area contributed by atoms with Gasteiger partial charge in [0.25, 0.3) is 0 Å². The Morgan fingerprint density at radius 3 is 2.65 bits per heavy atom. The fraction of sp³-hybridized carbons (Fsp3) is 0.412. The second-order valence-electron chi connectivity index (χ2n) is 5.56. The van der Waals surface area contributed by atoms with Gasteiger partial charge >= 0.3 is 0 Å². The Hall–Kier alpha value is -1.66. The van der Waals surface area contributed by atoms with Gasteiger partial charge in [-0.2, -0.15) is 0 Å². The summed E-state index contributed by atoms with van der Waals surface area (Å²) in [5.41, 5.74) is 8.99. The van der Waals surface area contributed by atoms with Crippen LogP contribution in [0.15, 0.2) is 28.9 Å². The van der Waals surface area contributed by atoms with Gasteiger partial charge in [-0.05, 0) is 31.0 Å².